The maximum atomic E-state index is 12.4. The number of ketones is 1. The number of methoxy groups -OCH3 is 1. The Morgan fingerprint density at radius 3 is 2.26 bits per heavy atom. The number of halogens is 3. The lowest BCUT2D eigenvalue weighted by Gasteiger charge is -2.22. The molecule has 0 heterocycles. The van der Waals surface area contributed by atoms with E-state index in [0.29, 0.717) is 13.1 Å². The molecule has 10 heteroatoms. The SMILES string of the molecule is CO[C@@H](C)C(=O)N[C@@H](CCC(=O)C=N)C(=O)O[C@@H](C)C(F)(F)F. The van der Waals surface area contributed by atoms with Gasteiger partial charge < -0.3 is 20.2 Å². The molecule has 0 saturated heterocycles. The topological polar surface area (TPSA) is 106 Å². The second-order valence-electron chi connectivity index (χ2n) is 4.71. The van der Waals surface area contributed by atoms with E-state index in [1.807, 2.05) is 0 Å². The summed E-state index contributed by atoms with van der Waals surface area (Å²) in [6, 6.07) is -1.45. The van der Waals surface area contributed by atoms with E-state index in [1.54, 1.807) is 0 Å². The molecule has 132 valence electrons. The normalized spacial score (nSPS) is 15.2. The number of rotatable bonds is 9. The Hall–Kier alpha value is -1.97. The smallest absolute Gasteiger partial charge is 0.425 e. The van der Waals surface area contributed by atoms with Crippen LogP contribution in [0.4, 0.5) is 13.2 Å². The number of hydrogen-bond donors (Lipinski definition) is 2. The number of carbonyl (C=O) groups is 3. The van der Waals surface area contributed by atoms with Crippen LogP contribution in [0.25, 0.3) is 0 Å². The van der Waals surface area contributed by atoms with Crippen molar-refractivity contribution in [3.63, 3.8) is 0 Å². The van der Waals surface area contributed by atoms with Crippen LogP contribution < -0.4 is 5.32 Å². The van der Waals surface area contributed by atoms with Crippen molar-refractivity contribution >= 4 is 23.9 Å². The van der Waals surface area contributed by atoms with Gasteiger partial charge in [-0.25, -0.2) is 4.79 Å². The molecule has 0 fully saturated rings. The Balaban J connectivity index is 4.94. The summed E-state index contributed by atoms with van der Waals surface area (Å²) in [6.07, 6.45) is -8.11. The summed E-state index contributed by atoms with van der Waals surface area (Å²) in [5, 5.41) is 8.92. The Labute approximate surface area is 131 Å². The molecule has 2 N–H and O–H groups in total. The number of hydrogen-bond acceptors (Lipinski definition) is 6. The highest BCUT2D eigenvalue weighted by atomic mass is 19.4. The molecule has 0 unspecified atom stereocenters. The molecular formula is C13H19F3N2O5. The Morgan fingerprint density at radius 1 is 1.26 bits per heavy atom. The quantitative estimate of drug-likeness (QED) is 0.481. The number of esters is 1. The zero-order chi connectivity index (χ0) is 18.2. The van der Waals surface area contributed by atoms with Crippen LogP contribution in [-0.2, 0) is 23.9 Å². The number of ether oxygens (including phenoxy) is 2. The molecule has 0 radical (unpaired) electrons. The fourth-order valence-corrected chi connectivity index (χ4v) is 1.33. The van der Waals surface area contributed by atoms with Gasteiger partial charge in [0.05, 0.1) is 6.21 Å². The summed E-state index contributed by atoms with van der Waals surface area (Å²) >= 11 is 0. The number of amides is 1. The molecule has 0 aliphatic carbocycles. The predicted octanol–water partition coefficient (Wildman–Crippen LogP) is 0.999. The standard InChI is InChI=1S/C13H19F3N2O5/c1-7(22-3)11(20)18-10(5-4-9(19)6-17)12(21)23-8(2)13(14,15)16/h6-8,10,17H,4-5H2,1-3H3,(H,18,20)/t7-,8-,10-/m0/s1. The van der Waals surface area contributed by atoms with E-state index in [2.05, 4.69) is 10.1 Å². The fourth-order valence-electron chi connectivity index (χ4n) is 1.33. The molecule has 0 rings (SSSR count). The van der Waals surface area contributed by atoms with Crippen molar-refractivity contribution in [1.29, 1.82) is 5.41 Å². The number of alkyl halides is 3. The summed E-state index contributed by atoms with van der Waals surface area (Å²) in [7, 11) is 1.24. The molecule has 0 aliphatic heterocycles. The highest BCUT2D eigenvalue weighted by Crippen LogP contribution is 2.23. The second kappa shape index (κ2) is 9.23. The van der Waals surface area contributed by atoms with Crippen LogP contribution in [-0.4, -0.2) is 55.4 Å². The van der Waals surface area contributed by atoms with Gasteiger partial charge in [0.2, 0.25) is 5.91 Å². The molecule has 23 heavy (non-hydrogen) atoms. The summed E-state index contributed by atoms with van der Waals surface area (Å²) in [5.41, 5.74) is 0. The molecular weight excluding hydrogens is 321 g/mol. The van der Waals surface area contributed by atoms with Gasteiger partial charge in [0, 0.05) is 13.5 Å². The van der Waals surface area contributed by atoms with Crippen LogP contribution in [0.5, 0.6) is 0 Å². The summed E-state index contributed by atoms with van der Waals surface area (Å²) in [5.74, 6) is -2.69. The summed E-state index contributed by atoms with van der Waals surface area (Å²) < 4.78 is 46.3. The monoisotopic (exact) mass is 340 g/mol. The lowest BCUT2D eigenvalue weighted by molar-refractivity contribution is -0.217. The fraction of sp³-hybridized carbons (Fsp3) is 0.692. The van der Waals surface area contributed by atoms with Gasteiger partial charge in [0.15, 0.2) is 11.9 Å². The third-order valence-corrected chi connectivity index (χ3v) is 2.92. The average Bonchev–Trinajstić information content (AvgIpc) is 2.48. The molecule has 0 aromatic heterocycles. The maximum Gasteiger partial charge on any atom is 0.425 e. The summed E-state index contributed by atoms with van der Waals surface area (Å²) in [4.78, 5) is 34.6. The van der Waals surface area contributed by atoms with Crippen molar-refractivity contribution in [2.75, 3.05) is 7.11 Å². The van der Waals surface area contributed by atoms with Crippen molar-refractivity contribution in [2.45, 2.75) is 51.1 Å². The van der Waals surface area contributed by atoms with E-state index in [4.69, 9.17) is 10.1 Å². The second-order valence-corrected chi connectivity index (χ2v) is 4.71. The molecule has 0 bridgehead atoms. The van der Waals surface area contributed by atoms with Crippen molar-refractivity contribution < 1.29 is 37.0 Å². The lowest BCUT2D eigenvalue weighted by atomic mass is 10.1. The van der Waals surface area contributed by atoms with Crippen LogP contribution in [0.15, 0.2) is 0 Å². The van der Waals surface area contributed by atoms with Crippen molar-refractivity contribution in [1.82, 2.24) is 5.32 Å². The highest BCUT2D eigenvalue weighted by molar-refractivity contribution is 6.26. The van der Waals surface area contributed by atoms with Crippen LogP contribution in [0.1, 0.15) is 26.7 Å². The first-order valence-corrected chi connectivity index (χ1v) is 6.66. The first-order chi connectivity index (χ1) is 10.5. The first-order valence-electron chi connectivity index (χ1n) is 6.66. The molecule has 0 spiro atoms. The minimum atomic E-state index is -4.74. The average molecular weight is 340 g/mol. The third-order valence-electron chi connectivity index (χ3n) is 2.92. The molecule has 7 nitrogen and oxygen atoms in total. The number of Topliss-reactive ketones (excluding diaryl/α,β-unsaturated/α-hetero) is 1. The van der Waals surface area contributed by atoms with Crippen molar-refractivity contribution in [3.05, 3.63) is 0 Å². The van der Waals surface area contributed by atoms with Gasteiger partial charge in [-0.15, -0.1) is 0 Å². The van der Waals surface area contributed by atoms with E-state index >= 15 is 0 Å². The van der Waals surface area contributed by atoms with Gasteiger partial charge >= 0.3 is 12.1 Å². The number of nitrogens with one attached hydrogen (secondary N) is 2. The van der Waals surface area contributed by atoms with E-state index in [9.17, 15) is 27.6 Å². The largest absolute Gasteiger partial charge is 0.451 e. The van der Waals surface area contributed by atoms with Gasteiger partial charge in [-0.1, -0.05) is 0 Å². The van der Waals surface area contributed by atoms with Crippen LogP contribution in [0, 0.1) is 5.41 Å². The molecule has 0 aliphatic rings. The summed E-state index contributed by atoms with van der Waals surface area (Å²) in [6.45, 7) is 2.02. The van der Waals surface area contributed by atoms with Crippen LogP contribution in [0.3, 0.4) is 0 Å². The zero-order valence-electron chi connectivity index (χ0n) is 12.9. The van der Waals surface area contributed by atoms with Gasteiger partial charge in [-0.2, -0.15) is 13.2 Å². The highest BCUT2D eigenvalue weighted by Gasteiger charge is 2.40. The molecule has 0 aromatic carbocycles. The first kappa shape index (κ1) is 21.0. The van der Waals surface area contributed by atoms with Gasteiger partial charge in [0.25, 0.3) is 0 Å². The minimum absolute atomic E-state index is 0.292. The Bertz CT molecular complexity index is 453. The van der Waals surface area contributed by atoms with Crippen LogP contribution >= 0.6 is 0 Å². The van der Waals surface area contributed by atoms with E-state index in [-0.39, 0.29) is 12.8 Å². The third kappa shape index (κ3) is 7.73. The molecule has 0 saturated carbocycles. The molecule has 1 amide bonds. The van der Waals surface area contributed by atoms with E-state index < -0.39 is 42.1 Å². The molecule has 0 aromatic rings. The lowest BCUT2D eigenvalue weighted by Crippen LogP contribution is -2.47. The van der Waals surface area contributed by atoms with Gasteiger partial charge in [-0.05, 0) is 20.3 Å². The maximum absolute atomic E-state index is 12.4. The van der Waals surface area contributed by atoms with Crippen molar-refractivity contribution in [3.8, 4) is 0 Å². The van der Waals surface area contributed by atoms with Gasteiger partial charge in [0.1, 0.15) is 12.1 Å². The van der Waals surface area contributed by atoms with E-state index in [0.717, 1.165) is 0 Å². The number of carbonyl (C=O) groups excluding carboxylic acids is 3. The molecule has 3 atom stereocenters. The Morgan fingerprint density at radius 2 is 1.83 bits per heavy atom. The minimum Gasteiger partial charge on any atom is -0.451 e. The van der Waals surface area contributed by atoms with E-state index in [1.165, 1.54) is 14.0 Å². The Kier molecular flexibility index (Phi) is 8.44. The van der Waals surface area contributed by atoms with Crippen LogP contribution in [0.2, 0.25) is 0 Å². The predicted molar refractivity (Wildman–Crippen MR) is 73.0 cm³/mol. The zero-order valence-corrected chi connectivity index (χ0v) is 12.9. The van der Waals surface area contributed by atoms with Crippen molar-refractivity contribution in [2.24, 2.45) is 0 Å². The van der Waals surface area contributed by atoms with Gasteiger partial charge in [-0.3, -0.25) is 9.59 Å².